The van der Waals surface area contributed by atoms with Gasteiger partial charge in [0, 0.05) is 6.07 Å². The van der Waals surface area contributed by atoms with E-state index < -0.39 is 36.7 Å². The van der Waals surface area contributed by atoms with Crippen molar-refractivity contribution in [3.05, 3.63) is 42.5 Å². The van der Waals surface area contributed by atoms with Crippen LogP contribution in [-0.2, 0) is 0 Å². The van der Waals surface area contributed by atoms with E-state index >= 15 is 0 Å². The number of benzene rings is 1. The zero-order chi connectivity index (χ0) is 12.5. The van der Waals surface area contributed by atoms with Crippen LogP contribution in [0.3, 0.4) is 0 Å². The number of nitrogens with zero attached hydrogens (tertiary/aromatic N) is 3. The number of rotatable bonds is 3. The number of hydrogen-bond acceptors (Lipinski definition) is 7. The first kappa shape index (κ1) is 11.8. The van der Waals surface area contributed by atoms with Gasteiger partial charge in [-0.3, -0.25) is 30.3 Å². The summed E-state index contributed by atoms with van der Waals surface area (Å²) < 4.78 is 0. The Balaban J connectivity index is 3.58. The highest BCUT2D eigenvalue weighted by molar-refractivity contribution is 7.80. The molecule has 0 unspecified atom stereocenters. The summed E-state index contributed by atoms with van der Waals surface area (Å²) >= 11 is 3.62. The molecule has 0 spiro atoms. The van der Waals surface area contributed by atoms with Gasteiger partial charge >= 0.3 is 11.4 Å². The predicted octanol–water partition coefficient (Wildman–Crippen LogP) is 1.70. The van der Waals surface area contributed by atoms with Crippen molar-refractivity contribution in [2.75, 3.05) is 0 Å². The minimum atomic E-state index is -1.06. The topological polar surface area (TPSA) is 129 Å². The molecular formula is C6H3N3O6S. The summed E-state index contributed by atoms with van der Waals surface area (Å²) in [5.74, 6) is 0. The Kier molecular flexibility index (Phi) is 3.04. The molecule has 0 radical (unpaired) electrons. The van der Waals surface area contributed by atoms with Crippen molar-refractivity contribution in [2.45, 2.75) is 4.90 Å². The lowest BCUT2D eigenvalue weighted by molar-refractivity contribution is -0.426. The van der Waals surface area contributed by atoms with E-state index in [0.717, 1.165) is 6.07 Å². The second kappa shape index (κ2) is 4.10. The highest BCUT2D eigenvalue weighted by Gasteiger charge is 2.31. The smallest absolute Gasteiger partial charge is 0.258 e. The summed E-state index contributed by atoms with van der Waals surface area (Å²) in [7, 11) is 0. The van der Waals surface area contributed by atoms with Gasteiger partial charge in [0.25, 0.3) is 5.69 Å². The Morgan fingerprint density at radius 3 is 1.88 bits per heavy atom. The number of thiol groups is 1. The first-order valence-corrected chi connectivity index (χ1v) is 4.09. The molecule has 0 N–H and O–H groups in total. The minimum absolute atomic E-state index is 0.425. The van der Waals surface area contributed by atoms with Gasteiger partial charge in [-0.05, 0) is 0 Å². The van der Waals surface area contributed by atoms with Crippen LogP contribution in [0.15, 0.2) is 17.0 Å². The van der Waals surface area contributed by atoms with Gasteiger partial charge in [-0.25, -0.2) is 0 Å². The third-order valence-corrected chi connectivity index (χ3v) is 1.99. The molecule has 0 aliphatic carbocycles. The summed E-state index contributed by atoms with van der Waals surface area (Å²) in [6, 6.07) is 1.31. The fourth-order valence-electron chi connectivity index (χ4n) is 1.02. The number of nitro groups is 3. The second-order valence-electron chi connectivity index (χ2n) is 2.60. The van der Waals surface area contributed by atoms with Crippen molar-refractivity contribution in [1.82, 2.24) is 0 Å². The normalized spacial score (nSPS) is 9.81. The number of hydrogen-bond donors (Lipinski definition) is 1. The van der Waals surface area contributed by atoms with Gasteiger partial charge in [-0.2, -0.15) is 0 Å². The van der Waals surface area contributed by atoms with Crippen LogP contribution < -0.4 is 0 Å². The maximum absolute atomic E-state index is 10.5. The van der Waals surface area contributed by atoms with Crippen LogP contribution >= 0.6 is 12.6 Å². The summed E-state index contributed by atoms with van der Waals surface area (Å²) in [5.41, 5.74) is -2.44. The highest BCUT2D eigenvalue weighted by Crippen LogP contribution is 2.36. The highest BCUT2D eigenvalue weighted by atomic mass is 32.1. The molecule has 0 bridgehead atoms. The van der Waals surface area contributed by atoms with Gasteiger partial charge in [-0.15, -0.1) is 12.6 Å². The molecule has 0 heterocycles. The molecule has 0 saturated heterocycles. The van der Waals surface area contributed by atoms with Crippen molar-refractivity contribution in [3.8, 4) is 0 Å². The molecule has 10 heteroatoms. The average molecular weight is 245 g/mol. The first-order chi connectivity index (χ1) is 7.34. The van der Waals surface area contributed by atoms with Crippen LogP contribution in [0.5, 0.6) is 0 Å². The van der Waals surface area contributed by atoms with E-state index in [1.165, 1.54) is 0 Å². The number of non-ortho nitro benzene ring substituents is 1. The quantitative estimate of drug-likeness (QED) is 0.490. The van der Waals surface area contributed by atoms with Crippen LogP contribution in [0.2, 0.25) is 0 Å². The third kappa shape index (κ3) is 2.06. The van der Waals surface area contributed by atoms with Crippen LogP contribution in [0.25, 0.3) is 0 Å². The van der Waals surface area contributed by atoms with Crippen LogP contribution in [0, 0.1) is 30.3 Å². The molecule has 0 saturated carbocycles. The average Bonchev–Trinajstić information content (AvgIpc) is 2.15. The molecule has 9 nitrogen and oxygen atoms in total. The minimum Gasteiger partial charge on any atom is -0.258 e. The molecule has 0 aliphatic rings. The Bertz CT molecular complexity index is 501. The lowest BCUT2D eigenvalue weighted by atomic mass is 10.2. The lowest BCUT2D eigenvalue weighted by Crippen LogP contribution is -1.99. The Labute approximate surface area is 92.5 Å². The van der Waals surface area contributed by atoms with Gasteiger partial charge in [-0.1, -0.05) is 0 Å². The van der Waals surface area contributed by atoms with Crippen molar-refractivity contribution in [1.29, 1.82) is 0 Å². The van der Waals surface area contributed by atoms with E-state index in [9.17, 15) is 30.3 Å². The standard InChI is InChI=1S/C6H3N3O6S/c10-7(11)3-1-4(8(12)13)6(9(14)15)5(16)2-3/h1-2,16H. The zero-order valence-electron chi connectivity index (χ0n) is 7.39. The molecule has 0 fully saturated rings. The van der Waals surface area contributed by atoms with E-state index in [1.54, 1.807) is 0 Å². The first-order valence-electron chi connectivity index (χ1n) is 3.64. The summed E-state index contributed by atoms with van der Waals surface area (Å²) in [5, 5.41) is 31.4. The SMILES string of the molecule is O=[N+]([O-])c1cc(S)c([N+](=O)[O-])c([N+](=O)[O-])c1. The molecule has 0 amide bonds. The van der Waals surface area contributed by atoms with Gasteiger partial charge < -0.3 is 0 Å². The molecule has 1 aromatic carbocycles. The van der Waals surface area contributed by atoms with E-state index in [4.69, 9.17) is 0 Å². The molecule has 16 heavy (non-hydrogen) atoms. The van der Waals surface area contributed by atoms with Gasteiger partial charge in [0.15, 0.2) is 0 Å². The van der Waals surface area contributed by atoms with Crippen LogP contribution in [0.4, 0.5) is 17.1 Å². The van der Waals surface area contributed by atoms with Crippen LogP contribution in [-0.4, -0.2) is 14.8 Å². The number of nitro benzene ring substituents is 3. The third-order valence-electron chi connectivity index (χ3n) is 1.64. The molecule has 0 atom stereocenters. The predicted molar refractivity (Wildman–Crippen MR) is 53.7 cm³/mol. The Morgan fingerprint density at radius 1 is 0.938 bits per heavy atom. The maximum Gasteiger partial charge on any atom is 0.359 e. The molecule has 84 valence electrons. The summed E-state index contributed by atoms with van der Waals surface area (Å²) in [4.78, 5) is 28.0. The van der Waals surface area contributed by atoms with Crippen molar-refractivity contribution in [2.24, 2.45) is 0 Å². The molecule has 1 aromatic rings. The molecule has 0 aromatic heterocycles. The molecule has 0 aliphatic heterocycles. The van der Waals surface area contributed by atoms with E-state index in [2.05, 4.69) is 12.6 Å². The second-order valence-corrected chi connectivity index (χ2v) is 3.09. The zero-order valence-corrected chi connectivity index (χ0v) is 8.29. The van der Waals surface area contributed by atoms with E-state index in [0.29, 0.717) is 6.07 Å². The molecular weight excluding hydrogens is 242 g/mol. The van der Waals surface area contributed by atoms with E-state index in [-0.39, 0.29) is 0 Å². The molecule has 1 rings (SSSR count). The van der Waals surface area contributed by atoms with Gasteiger partial charge in [0.05, 0.1) is 19.7 Å². The Hall–Kier alpha value is -2.23. The van der Waals surface area contributed by atoms with Crippen molar-refractivity contribution >= 4 is 29.7 Å². The van der Waals surface area contributed by atoms with Gasteiger partial charge in [0.1, 0.15) is 6.07 Å². The van der Waals surface area contributed by atoms with Crippen LogP contribution in [0.1, 0.15) is 0 Å². The largest absolute Gasteiger partial charge is 0.359 e. The lowest BCUT2D eigenvalue weighted by Gasteiger charge is -1.98. The van der Waals surface area contributed by atoms with Crippen molar-refractivity contribution in [3.63, 3.8) is 0 Å². The van der Waals surface area contributed by atoms with Crippen molar-refractivity contribution < 1.29 is 14.8 Å². The summed E-state index contributed by atoms with van der Waals surface area (Å²) in [6.07, 6.45) is 0. The van der Waals surface area contributed by atoms with E-state index in [1.807, 2.05) is 0 Å². The maximum atomic E-state index is 10.5. The Morgan fingerprint density at radius 2 is 1.50 bits per heavy atom. The monoisotopic (exact) mass is 245 g/mol. The van der Waals surface area contributed by atoms with Gasteiger partial charge in [0.2, 0.25) is 0 Å². The fourth-order valence-corrected chi connectivity index (χ4v) is 1.35. The fraction of sp³-hybridized carbons (Fsp3) is 0. The summed E-state index contributed by atoms with van der Waals surface area (Å²) in [6.45, 7) is 0.